The number of aryl methyl sites for hydroxylation is 1. The van der Waals surface area contributed by atoms with Crippen molar-refractivity contribution in [2.75, 3.05) is 25.5 Å². The third-order valence-electron chi connectivity index (χ3n) is 4.97. The van der Waals surface area contributed by atoms with Gasteiger partial charge in [-0.25, -0.2) is 0 Å². The van der Waals surface area contributed by atoms with E-state index in [9.17, 15) is 4.79 Å². The highest BCUT2D eigenvalue weighted by Gasteiger charge is 2.16. The Bertz CT molecular complexity index is 755. The molecule has 0 saturated carbocycles. The molecule has 1 N–H and O–H groups in total. The summed E-state index contributed by atoms with van der Waals surface area (Å²) in [6.45, 7) is 7.59. The summed E-state index contributed by atoms with van der Waals surface area (Å²) in [7, 11) is 1.61. The molecule has 2 aromatic rings. The Labute approximate surface area is 156 Å². The van der Waals surface area contributed by atoms with Crippen molar-refractivity contribution in [3.05, 3.63) is 59.2 Å². The van der Waals surface area contributed by atoms with Gasteiger partial charge in [0.05, 0.1) is 12.8 Å². The van der Waals surface area contributed by atoms with Crippen LogP contribution in [0.5, 0.6) is 5.75 Å². The third kappa shape index (κ3) is 4.64. The summed E-state index contributed by atoms with van der Waals surface area (Å²) < 4.78 is 5.33. The second-order valence-corrected chi connectivity index (χ2v) is 7.34. The number of hydrogen-bond acceptors (Lipinski definition) is 3. The molecule has 2 aromatic carbocycles. The first kappa shape index (κ1) is 18.5. The Morgan fingerprint density at radius 3 is 2.69 bits per heavy atom. The zero-order chi connectivity index (χ0) is 18.5. The van der Waals surface area contributed by atoms with E-state index in [1.807, 2.05) is 37.3 Å². The molecule has 1 fully saturated rings. The van der Waals surface area contributed by atoms with Crippen LogP contribution in [0.2, 0.25) is 0 Å². The first-order valence-corrected chi connectivity index (χ1v) is 9.32. The fourth-order valence-electron chi connectivity index (χ4n) is 3.56. The van der Waals surface area contributed by atoms with E-state index >= 15 is 0 Å². The number of amides is 1. The summed E-state index contributed by atoms with van der Waals surface area (Å²) in [5, 5.41) is 2.95. The van der Waals surface area contributed by atoms with Crippen molar-refractivity contribution in [2.24, 2.45) is 5.92 Å². The fraction of sp³-hybridized carbons (Fsp3) is 0.409. The molecular formula is C22H28N2O2. The molecule has 138 valence electrons. The van der Waals surface area contributed by atoms with Crippen LogP contribution >= 0.6 is 0 Å². The molecule has 0 radical (unpaired) electrons. The second-order valence-electron chi connectivity index (χ2n) is 7.34. The van der Waals surface area contributed by atoms with Gasteiger partial charge in [0.2, 0.25) is 0 Å². The monoisotopic (exact) mass is 352 g/mol. The Morgan fingerprint density at radius 1 is 1.23 bits per heavy atom. The number of benzene rings is 2. The first-order valence-electron chi connectivity index (χ1n) is 9.32. The normalized spacial score (nSPS) is 17.7. The third-order valence-corrected chi connectivity index (χ3v) is 4.97. The van der Waals surface area contributed by atoms with Crippen LogP contribution in [0.25, 0.3) is 0 Å². The van der Waals surface area contributed by atoms with Crippen molar-refractivity contribution in [1.29, 1.82) is 0 Å². The lowest BCUT2D eigenvalue weighted by atomic mass is 9.99. The van der Waals surface area contributed by atoms with Crippen molar-refractivity contribution in [3.8, 4) is 5.75 Å². The topological polar surface area (TPSA) is 41.6 Å². The lowest BCUT2D eigenvalue weighted by molar-refractivity contribution is 0.102. The summed E-state index contributed by atoms with van der Waals surface area (Å²) in [5.41, 5.74) is 3.68. The number of methoxy groups -OCH3 is 1. The predicted octanol–water partition coefficient (Wildman–Crippen LogP) is 4.49. The molecule has 1 saturated heterocycles. The molecule has 0 bridgehead atoms. The van der Waals surface area contributed by atoms with Crippen molar-refractivity contribution in [2.45, 2.75) is 33.2 Å². The SMILES string of the molecule is COc1ccc(C)cc1NC(=O)c1ccc(CN2CCC[C@H](C)C2)cc1. The van der Waals surface area contributed by atoms with Crippen molar-refractivity contribution < 1.29 is 9.53 Å². The minimum absolute atomic E-state index is 0.118. The quantitative estimate of drug-likeness (QED) is 0.862. The van der Waals surface area contributed by atoms with E-state index in [4.69, 9.17) is 4.74 Å². The molecule has 0 aliphatic carbocycles. The van der Waals surface area contributed by atoms with Gasteiger partial charge < -0.3 is 10.1 Å². The van der Waals surface area contributed by atoms with Gasteiger partial charge in [-0.15, -0.1) is 0 Å². The van der Waals surface area contributed by atoms with Crippen molar-refractivity contribution >= 4 is 11.6 Å². The second kappa shape index (κ2) is 8.37. The minimum Gasteiger partial charge on any atom is -0.495 e. The largest absolute Gasteiger partial charge is 0.495 e. The van der Waals surface area contributed by atoms with Gasteiger partial charge >= 0.3 is 0 Å². The van der Waals surface area contributed by atoms with Crippen LogP contribution in [0, 0.1) is 12.8 Å². The lowest BCUT2D eigenvalue weighted by Crippen LogP contribution is -2.33. The zero-order valence-corrected chi connectivity index (χ0v) is 15.9. The number of hydrogen-bond donors (Lipinski definition) is 1. The molecular weight excluding hydrogens is 324 g/mol. The zero-order valence-electron chi connectivity index (χ0n) is 15.9. The number of carbonyl (C=O) groups excluding carboxylic acids is 1. The minimum atomic E-state index is -0.118. The highest BCUT2D eigenvalue weighted by Crippen LogP contribution is 2.26. The number of carbonyl (C=O) groups is 1. The number of piperidine rings is 1. The van der Waals surface area contributed by atoms with Crippen LogP contribution in [0.1, 0.15) is 41.3 Å². The van der Waals surface area contributed by atoms with E-state index in [1.54, 1.807) is 7.11 Å². The van der Waals surface area contributed by atoms with E-state index < -0.39 is 0 Å². The van der Waals surface area contributed by atoms with Gasteiger partial charge in [0.1, 0.15) is 5.75 Å². The maximum atomic E-state index is 12.6. The number of nitrogens with zero attached hydrogens (tertiary/aromatic N) is 1. The number of anilines is 1. The molecule has 0 unspecified atom stereocenters. The summed E-state index contributed by atoms with van der Waals surface area (Å²) in [5.74, 6) is 1.32. The smallest absolute Gasteiger partial charge is 0.255 e. The Balaban J connectivity index is 1.64. The summed E-state index contributed by atoms with van der Waals surface area (Å²) in [6.07, 6.45) is 2.61. The van der Waals surface area contributed by atoms with Crippen molar-refractivity contribution in [1.82, 2.24) is 4.90 Å². The number of nitrogens with one attached hydrogen (secondary N) is 1. The summed E-state index contributed by atoms with van der Waals surface area (Å²) in [4.78, 5) is 15.1. The summed E-state index contributed by atoms with van der Waals surface area (Å²) >= 11 is 0. The molecule has 0 spiro atoms. The van der Waals surface area contributed by atoms with Crippen LogP contribution in [-0.2, 0) is 6.54 Å². The van der Waals surface area contributed by atoms with Crippen molar-refractivity contribution in [3.63, 3.8) is 0 Å². The Kier molecular flexibility index (Phi) is 5.94. The Morgan fingerprint density at radius 2 is 2.00 bits per heavy atom. The molecule has 1 heterocycles. The maximum Gasteiger partial charge on any atom is 0.255 e. The van der Waals surface area contributed by atoms with Gasteiger partial charge in [0, 0.05) is 18.7 Å². The molecule has 1 aliphatic rings. The van der Waals surface area contributed by atoms with E-state index in [-0.39, 0.29) is 5.91 Å². The van der Waals surface area contributed by atoms with E-state index in [0.29, 0.717) is 17.0 Å². The molecule has 4 heteroatoms. The van der Waals surface area contributed by atoms with Crippen LogP contribution in [-0.4, -0.2) is 31.0 Å². The molecule has 26 heavy (non-hydrogen) atoms. The van der Waals surface area contributed by atoms with E-state index in [2.05, 4.69) is 29.3 Å². The highest BCUT2D eigenvalue weighted by molar-refractivity contribution is 6.05. The van der Waals surface area contributed by atoms with Gasteiger partial charge in [-0.1, -0.05) is 25.1 Å². The fourth-order valence-corrected chi connectivity index (χ4v) is 3.56. The van der Waals surface area contributed by atoms with Gasteiger partial charge in [-0.2, -0.15) is 0 Å². The van der Waals surface area contributed by atoms with Gasteiger partial charge in [0.25, 0.3) is 5.91 Å². The van der Waals surface area contributed by atoms with Crippen LogP contribution in [0.4, 0.5) is 5.69 Å². The molecule has 0 aromatic heterocycles. The standard InChI is InChI=1S/C22H28N2O2/c1-16-6-11-21(26-3)20(13-16)23-22(25)19-9-7-18(8-10-19)15-24-12-4-5-17(2)14-24/h6-11,13,17H,4-5,12,14-15H2,1-3H3,(H,23,25)/t17-/m0/s1. The highest BCUT2D eigenvalue weighted by atomic mass is 16.5. The Hall–Kier alpha value is -2.33. The van der Waals surface area contributed by atoms with Crippen LogP contribution in [0.3, 0.4) is 0 Å². The van der Waals surface area contributed by atoms with Gasteiger partial charge in [-0.05, 0) is 67.6 Å². The van der Waals surface area contributed by atoms with Crippen LogP contribution < -0.4 is 10.1 Å². The van der Waals surface area contributed by atoms with E-state index in [1.165, 1.54) is 24.9 Å². The summed E-state index contributed by atoms with van der Waals surface area (Å²) in [6, 6.07) is 13.7. The number of rotatable bonds is 5. The van der Waals surface area contributed by atoms with Crippen LogP contribution in [0.15, 0.2) is 42.5 Å². The molecule has 4 nitrogen and oxygen atoms in total. The molecule has 1 atom stereocenters. The van der Waals surface area contributed by atoms with E-state index in [0.717, 1.165) is 24.6 Å². The lowest BCUT2D eigenvalue weighted by Gasteiger charge is -2.30. The maximum absolute atomic E-state index is 12.6. The van der Waals surface area contributed by atoms with Gasteiger partial charge in [-0.3, -0.25) is 9.69 Å². The molecule has 3 rings (SSSR count). The molecule has 1 aliphatic heterocycles. The average Bonchev–Trinajstić information content (AvgIpc) is 2.62. The number of likely N-dealkylation sites (tertiary alicyclic amines) is 1. The number of ether oxygens (including phenoxy) is 1. The predicted molar refractivity (Wildman–Crippen MR) is 106 cm³/mol. The molecule has 1 amide bonds. The average molecular weight is 352 g/mol. The van der Waals surface area contributed by atoms with Gasteiger partial charge in [0.15, 0.2) is 0 Å². The first-order chi connectivity index (χ1) is 12.5.